The summed E-state index contributed by atoms with van der Waals surface area (Å²) in [5.74, 6) is 0.870. The lowest BCUT2D eigenvalue weighted by molar-refractivity contribution is 0.0559. The van der Waals surface area contributed by atoms with Crippen molar-refractivity contribution in [3.05, 3.63) is 27.7 Å². The largest absolute Gasteiger partial charge is 0.490 e. The minimum absolute atomic E-state index is 0.0933. The monoisotopic (exact) mass is 345 g/mol. The molecule has 0 amide bonds. The van der Waals surface area contributed by atoms with E-state index in [4.69, 9.17) is 16.3 Å². The first kappa shape index (κ1) is 15.1. The second-order valence-electron chi connectivity index (χ2n) is 6.62. The van der Waals surface area contributed by atoms with E-state index in [2.05, 4.69) is 48.9 Å². The number of halogens is 2. The molecule has 1 aromatic carbocycles. The van der Waals surface area contributed by atoms with Crippen molar-refractivity contribution >= 4 is 27.5 Å². The van der Waals surface area contributed by atoms with Crippen LogP contribution in [0, 0.1) is 0 Å². The maximum Gasteiger partial charge on any atom is 0.120 e. The van der Waals surface area contributed by atoms with Crippen molar-refractivity contribution in [3.8, 4) is 5.75 Å². The van der Waals surface area contributed by atoms with Gasteiger partial charge in [-0.3, -0.25) is 0 Å². The number of benzene rings is 1. The number of hydrogen-bond acceptors (Lipinski definition) is 2. The summed E-state index contributed by atoms with van der Waals surface area (Å²) < 4.78 is 7.01. The van der Waals surface area contributed by atoms with Gasteiger partial charge in [0.1, 0.15) is 11.9 Å². The molecule has 0 unspecified atom stereocenters. The van der Waals surface area contributed by atoms with Crippen molar-refractivity contribution in [1.29, 1.82) is 0 Å². The van der Waals surface area contributed by atoms with Crippen LogP contribution in [-0.2, 0) is 0 Å². The molecule has 19 heavy (non-hydrogen) atoms. The Hall–Kier alpha value is -0.250. The summed E-state index contributed by atoms with van der Waals surface area (Å²) in [5, 5.41) is 4.36. The van der Waals surface area contributed by atoms with Gasteiger partial charge in [-0.2, -0.15) is 0 Å². The van der Waals surface area contributed by atoms with Crippen LogP contribution in [-0.4, -0.2) is 17.2 Å². The highest BCUT2D eigenvalue weighted by molar-refractivity contribution is 9.10. The Kier molecular flexibility index (Phi) is 4.20. The molecule has 0 spiro atoms. The van der Waals surface area contributed by atoms with E-state index >= 15 is 0 Å². The average Bonchev–Trinajstić information content (AvgIpc) is 2.18. The quantitative estimate of drug-likeness (QED) is 0.831. The van der Waals surface area contributed by atoms with Crippen LogP contribution >= 0.6 is 27.5 Å². The van der Waals surface area contributed by atoms with Crippen LogP contribution in [0.2, 0.25) is 5.02 Å². The molecule has 1 N–H and O–H groups in total. The second-order valence-corrected chi connectivity index (χ2v) is 7.88. The molecule has 4 heteroatoms. The second kappa shape index (κ2) is 5.27. The highest BCUT2D eigenvalue weighted by Gasteiger charge is 2.38. The lowest BCUT2D eigenvalue weighted by atomic mass is 9.81. The molecule has 1 fully saturated rings. The summed E-state index contributed by atoms with van der Waals surface area (Å²) in [7, 11) is 0. The number of hydrogen-bond donors (Lipinski definition) is 1. The van der Waals surface area contributed by atoms with Gasteiger partial charge in [-0.1, -0.05) is 11.6 Å². The third-order valence-corrected chi connectivity index (χ3v) is 4.56. The maximum absolute atomic E-state index is 6.13. The lowest BCUT2D eigenvalue weighted by Crippen LogP contribution is -2.60. The SMILES string of the molecule is CC1(C)CC(Oc2ccc(Cl)c(Br)c2)CC(C)(C)N1. The molecular weight excluding hydrogens is 326 g/mol. The summed E-state index contributed by atoms with van der Waals surface area (Å²) in [5.41, 5.74) is 0.187. The Morgan fingerprint density at radius 2 is 1.79 bits per heavy atom. The fraction of sp³-hybridized carbons (Fsp3) is 0.600. The van der Waals surface area contributed by atoms with Crippen LogP contribution in [0.1, 0.15) is 40.5 Å². The third kappa shape index (κ3) is 4.11. The molecule has 1 heterocycles. The summed E-state index contributed by atoms with van der Waals surface area (Å²) in [6.07, 6.45) is 2.22. The molecular formula is C15H21BrClNO. The molecule has 0 aliphatic carbocycles. The fourth-order valence-electron chi connectivity index (χ4n) is 3.05. The average molecular weight is 347 g/mol. The summed E-state index contributed by atoms with van der Waals surface area (Å²) >= 11 is 9.43. The van der Waals surface area contributed by atoms with Crippen LogP contribution in [0.4, 0.5) is 0 Å². The van der Waals surface area contributed by atoms with Crippen molar-refractivity contribution in [1.82, 2.24) is 5.32 Å². The van der Waals surface area contributed by atoms with Crippen LogP contribution in [0.5, 0.6) is 5.75 Å². The predicted octanol–water partition coefficient (Wildman–Crippen LogP) is 4.79. The van der Waals surface area contributed by atoms with Gasteiger partial charge in [0.2, 0.25) is 0 Å². The number of piperidine rings is 1. The molecule has 0 saturated carbocycles. The minimum Gasteiger partial charge on any atom is -0.490 e. The zero-order chi connectivity index (χ0) is 14.3. The van der Waals surface area contributed by atoms with E-state index in [-0.39, 0.29) is 17.2 Å². The Morgan fingerprint density at radius 3 is 2.32 bits per heavy atom. The Morgan fingerprint density at radius 1 is 1.21 bits per heavy atom. The van der Waals surface area contributed by atoms with Crippen LogP contribution in [0.25, 0.3) is 0 Å². The highest BCUT2D eigenvalue weighted by Crippen LogP contribution is 2.33. The van der Waals surface area contributed by atoms with Crippen molar-refractivity contribution in [2.45, 2.75) is 57.7 Å². The molecule has 1 saturated heterocycles. The van der Waals surface area contributed by atoms with Gasteiger partial charge in [-0.15, -0.1) is 0 Å². The van der Waals surface area contributed by atoms with E-state index < -0.39 is 0 Å². The molecule has 0 radical (unpaired) electrons. The van der Waals surface area contributed by atoms with Crippen LogP contribution in [0.15, 0.2) is 22.7 Å². The normalized spacial score (nSPS) is 22.2. The molecule has 2 nitrogen and oxygen atoms in total. The molecule has 0 atom stereocenters. The smallest absolute Gasteiger partial charge is 0.120 e. The highest BCUT2D eigenvalue weighted by atomic mass is 79.9. The van der Waals surface area contributed by atoms with E-state index in [0.29, 0.717) is 5.02 Å². The summed E-state index contributed by atoms with van der Waals surface area (Å²) in [6.45, 7) is 8.90. The first-order valence-corrected chi connectivity index (χ1v) is 7.75. The van der Waals surface area contributed by atoms with Crippen molar-refractivity contribution in [2.24, 2.45) is 0 Å². The molecule has 0 aromatic heterocycles. The van der Waals surface area contributed by atoms with E-state index in [1.165, 1.54) is 0 Å². The van der Waals surface area contributed by atoms with Gasteiger partial charge in [0.25, 0.3) is 0 Å². The Balaban J connectivity index is 2.11. The molecule has 106 valence electrons. The van der Waals surface area contributed by atoms with E-state index in [1.54, 1.807) is 0 Å². The summed E-state index contributed by atoms with van der Waals surface area (Å²) in [4.78, 5) is 0. The van der Waals surface area contributed by atoms with Crippen molar-refractivity contribution in [3.63, 3.8) is 0 Å². The third-order valence-electron chi connectivity index (χ3n) is 3.35. The van der Waals surface area contributed by atoms with E-state index in [9.17, 15) is 0 Å². The van der Waals surface area contributed by atoms with E-state index in [1.807, 2.05) is 18.2 Å². The van der Waals surface area contributed by atoms with Crippen molar-refractivity contribution < 1.29 is 4.74 Å². The standard InChI is InChI=1S/C15H21BrClNO/c1-14(2)8-11(9-15(3,4)18-14)19-10-5-6-13(17)12(16)7-10/h5-7,11,18H,8-9H2,1-4H3. The predicted molar refractivity (Wildman–Crippen MR) is 84.1 cm³/mol. The Labute approximate surface area is 129 Å². The van der Waals surface area contributed by atoms with E-state index in [0.717, 1.165) is 23.1 Å². The van der Waals surface area contributed by atoms with Crippen LogP contribution in [0.3, 0.4) is 0 Å². The van der Waals surface area contributed by atoms with Crippen LogP contribution < -0.4 is 10.1 Å². The number of nitrogens with one attached hydrogen (secondary N) is 1. The van der Waals surface area contributed by atoms with Gasteiger partial charge in [0.05, 0.1) is 5.02 Å². The zero-order valence-electron chi connectivity index (χ0n) is 11.9. The first-order chi connectivity index (χ1) is 8.67. The maximum atomic E-state index is 6.13. The molecule has 1 aliphatic heterocycles. The molecule has 1 aliphatic rings. The van der Waals surface area contributed by atoms with Gasteiger partial charge in [0, 0.05) is 28.4 Å². The molecule has 0 bridgehead atoms. The van der Waals surface area contributed by atoms with Gasteiger partial charge in [-0.05, 0) is 61.8 Å². The topological polar surface area (TPSA) is 21.3 Å². The first-order valence-electron chi connectivity index (χ1n) is 6.58. The number of rotatable bonds is 2. The van der Waals surface area contributed by atoms with Gasteiger partial charge < -0.3 is 10.1 Å². The van der Waals surface area contributed by atoms with Crippen molar-refractivity contribution in [2.75, 3.05) is 0 Å². The number of ether oxygens (including phenoxy) is 1. The van der Waals surface area contributed by atoms with Gasteiger partial charge in [0.15, 0.2) is 0 Å². The Bertz CT molecular complexity index is 457. The summed E-state index contributed by atoms with van der Waals surface area (Å²) in [6, 6.07) is 5.72. The van der Waals surface area contributed by atoms with Gasteiger partial charge >= 0.3 is 0 Å². The lowest BCUT2D eigenvalue weighted by Gasteiger charge is -2.46. The fourth-order valence-corrected chi connectivity index (χ4v) is 3.53. The molecule has 1 aromatic rings. The minimum atomic E-state index is 0.0933. The van der Waals surface area contributed by atoms with Gasteiger partial charge in [-0.25, -0.2) is 0 Å². The molecule has 2 rings (SSSR count). The zero-order valence-corrected chi connectivity index (χ0v) is 14.2.